The molecule has 0 radical (unpaired) electrons. The van der Waals surface area contributed by atoms with Crippen molar-refractivity contribution in [2.75, 3.05) is 19.7 Å². The predicted molar refractivity (Wildman–Crippen MR) is 122 cm³/mol. The van der Waals surface area contributed by atoms with Crippen LogP contribution in [-0.2, 0) is 34.5 Å². The van der Waals surface area contributed by atoms with E-state index in [4.69, 9.17) is 14.5 Å². The number of aryl methyl sites for hydroxylation is 1. The van der Waals surface area contributed by atoms with Crippen molar-refractivity contribution in [2.24, 2.45) is 7.05 Å². The normalized spacial score (nSPS) is 19.7. The number of piperidine rings is 1. The lowest BCUT2D eigenvalue weighted by molar-refractivity contribution is -0.150. The molecule has 8 nitrogen and oxygen atoms in total. The molecule has 0 bridgehead atoms. The van der Waals surface area contributed by atoms with Crippen LogP contribution >= 0.6 is 0 Å². The molecule has 0 aliphatic carbocycles. The highest BCUT2D eigenvalue weighted by Crippen LogP contribution is 2.26. The standard InChI is InChI=1S/C25H28N4O4/c1-27-21-10-6-5-9-20(21)26-23(27)15-28-13-11-19(12-14-28)29-22(17-33-25(29)31)24(30)32-16-18-7-3-2-4-8-18/h2-10,19,22H,11-17H2,1H3. The fraction of sp³-hybridized carbons (Fsp3) is 0.400. The van der Waals surface area contributed by atoms with E-state index in [-0.39, 0.29) is 19.3 Å². The maximum Gasteiger partial charge on any atom is 0.410 e. The zero-order valence-corrected chi connectivity index (χ0v) is 18.7. The van der Waals surface area contributed by atoms with E-state index < -0.39 is 18.1 Å². The summed E-state index contributed by atoms with van der Waals surface area (Å²) >= 11 is 0. The second kappa shape index (κ2) is 9.23. The third-order valence-electron chi connectivity index (χ3n) is 6.60. The monoisotopic (exact) mass is 448 g/mol. The van der Waals surface area contributed by atoms with Gasteiger partial charge in [0.25, 0.3) is 0 Å². The van der Waals surface area contributed by atoms with Gasteiger partial charge in [-0.3, -0.25) is 9.80 Å². The maximum absolute atomic E-state index is 12.7. The van der Waals surface area contributed by atoms with E-state index >= 15 is 0 Å². The van der Waals surface area contributed by atoms with Crippen LogP contribution in [0.4, 0.5) is 4.79 Å². The van der Waals surface area contributed by atoms with E-state index in [9.17, 15) is 9.59 Å². The highest BCUT2D eigenvalue weighted by atomic mass is 16.6. The highest BCUT2D eigenvalue weighted by molar-refractivity contribution is 5.84. The molecule has 33 heavy (non-hydrogen) atoms. The molecule has 8 heteroatoms. The maximum atomic E-state index is 12.7. The molecule has 1 aromatic heterocycles. The zero-order chi connectivity index (χ0) is 22.8. The predicted octanol–water partition coefficient (Wildman–Crippen LogP) is 3.10. The van der Waals surface area contributed by atoms with Crippen LogP contribution in [0.1, 0.15) is 24.2 Å². The Bertz CT molecular complexity index is 1140. The minimum atomic E-state index is -0.683. The number of hydrogen-bond donors (Lipinski definition) is 0. The van der Waals surface area contributed by atoms with E-state index in [1.165, 1.54) is 0 Å². The van der Waals surface area contributed by atoms with Gasteiger partial charge in [-0.2, -0.15) is 0 Å². The molecule has 3 aromatic rings. The Balaban J connectivity index is 1.18. The van der Waals surface area contributed by atoms with Crippen LogP contribution in [-0.4, -0.2) is 63.2 Å². The number of cyclic esters (lactones) is 1. The van der Waals surface area contributed by atoms with Gasteiger partial charge in [0.05, 0.1) is 17.6 Å². The third-order valence-corrected chi connectivity index (χ3v) is 6.60. The summed E-state index contributed by atoms with van der Waals surface area (Å²) in [4.78, 5) is 33.9. The Labute approximate surface area is 192 Å². The summed E-state index contributed by atoms with van der Waals surface area (Å²) in [5.41, 5.74) is 3.04. The van der Waals surface area contributed by atoms with Crippen molar-refractivity contribution in [3.05, 3.63) is 66.0 Å². The number of ether oxygens (including phenoxy) is 2. The quantitative estimate of drug-likeness (QED) is 0.540. The fourth-order valence-electron chi connectivity index (χ4n) is 4.73. The van der Waals surface area contributed by atoms with Gasteiger partial charge in [-0.1, -0.05) is 42.5 Å². The fourth-order valence-corrected chi connectivity index (χ4v) is 4.73. The van der Waals surface area contributed by atoms with Gasteiger partial charge in [0.1, 0.15) is 19.0 Å². The Morgan fingerprint density at radius 1 is 1.09 bits per heavy atom. The van der Waals surface area contributed by atoms with E-state index in [2.05, 4.69) is 15.5 Å². The van der Waals surface area contributed by atoms with Crippen molar-refractivity contribution in [2.45, 2.75) is 38.1 Å². The third kappa shape index (κ3) is 4.43. The van der Waals surface area contributed by atoms with Gasteiger partial charge < -0.3 is 14.0 Å². The first-order chi connectivity index (χ1) is 16.1. The van der Waals surface area contributed by atoms with E-state index in [0.717, 1.165) is 54.9 Å². The van der Waals surface area contributed by atoms with Crippen molar-refractivity contribution < 1.29 is 19.1 Å². The molecule has 172 valence electrons. The van der Waals surface area contributed by atoms with Crippen LogP contribution in [0.3, 0.4) is 0 Å². The molecule has 0 saturated carbocycles. The Morgan fingerprint density at radius 2 is 1.82 bits per heavy atom. The molecule has 1 unspecified atom stereocenters. The zero-order valence-electron chi connectivity index (χ0n) is 18.7. The van der Waals surface area contributed by atoms with E-state index in [1.807, 2.05) is 55.6 Å². The Morgan fingerprint density at radius 3 is 2.58 bits per heavy atom. The molecular formula is C25H28N4O4. The molecule has 1 atom stereocenters. The van der Waals surface area contributed by atoms with Crippen molar-refractivity contribution in [1.82, 2.24) is 19.4 Å². The molecule has 0 spiro atoms. The second-order valence-corrected chi connectivity index (χ2v) is 8.68. The summed E-state index contributed by atoms with van der Waals surface area (Å²) < 4.78 is 12.9. The number of rotatable bonds is 6. The van der Waals surface area contributed by atoms with Gasteiger partial charge in [-0.15, -0.1) is 0 Å². The van der Waals surface area contributed by atoms with E-state index in [1.54, 1.807) is 4.90 Å². The van der Waals surface area contributed by atoms with Gasteiger partial charge >= 0.3 is 12.1 Å². The SMILES string of the molecule is Cn1c(CN2CCC(N3C(=O)OCC3C(=O)OCc3ccccc3)CC2)nc2ccccc21. The molecule has 2 aromatic carbocycles. The number of likely N-dealkylation sites (tertiary alicyclic amines) is 1. The van der Waals surface area contributed by atoms with Crippen LogP contribution in [0.2, 0.25) is 0 Å². The largest absolute Gasteiger partial charge is 0.459 e. The number of carbonyl (C=O) groups excluding carboxylic acids is 2. The van der Waals surface area contributed by atoms with Crippen LogP contribution in [0, 0.1) is 0 Å². The van der Waals surface area contributed by atoms with Gasteiger partial charge in [0.15, 0.2) is 6.04 Å². The molecule has 2 saturated heterocycles. The number of aromatic nitrogens is 2. The number of amides is 1. The van der Waals surface area contributed by atoms with Crippen LogP contribution in [0.25, 0.3) is 11.0 Å². The molecule has 3 heterocycles. The van der Waals surface area contributed by atoms with Gasteiger partial charge in [0, 0.05) is 26.2 Å². The van der Waals surface area contributed by atoms with Crippen LogP contribution in [0.5, 0.6) is 0 Å². The summed E-state index contributed by atoms with van der Waals surface area (Å²) in [6.45, 7) is 2.64. The topological polar surface area (TPSA) is 76.9 Å². The minimum absolute atomic E-state index is 0.0361. The summed E-state index contributed by atoms with van der Waals surface area (Å²) in [5, 5.41) is 0. The lowest BCUT2D eigenvalue weighted by atomic mass is 10.0. The van der Waals surface area contributed by atoms with Crippen molar-refractivity contribution >= 4 is 23.1 Å². The summed E-state index contributed by atoms with van der Waals surface area (Å²) in [6, 6.07) is 16.9. The lowest BCUT2D eigenvalue weighted by Gasteiger charge is -2.37. The molecule has 5 rings (SSSR count). The van der Waals surface area contributed by atoms with Gasteiger partial charge in [0.2, 0.25) is 0 Å². The number of fused-ring (bicyclic) bond motifs is 1. The summed E-state index contributed by atoms with van der Waals surface area (Å²) in [5.74, 6) is 0.615. The van der Waals surface area contributed by atoms with Crippen molar-refractivity contribution in [3.8, 4) is 0 Å². The Hall–Kier alpha value is -3.39. The first kappa shape index (κ1) is 21.5. The van der Waals surface area contributed by atoms with Crippen LogP contribution < -0.4 is 0 Å². The smallest absolute Gasteiger partial charge is 0.410 e. The summed E-state index contributed by atoms with van der Waals surface area (Å²) in [6.07, 6.45) is 1.13. The van der Waals surface area contributed by atoms with E-state index in [0.29, 0.717) is 0 Å². The number of imidazole rings is 1. The first-order valence-electron chi connectivity index (χ1n) is 11.4. The second-order valence-electron chi connectivity index (χ2n) is 8.68. The first-order valence-corrected chi connectivity index (χ1v) is 11.4. The number of hydrogen-bond acceptors (Lipinski definition) is 6. The number of para-hydroxylation sites is 2. The van der Waals surface area contributed by atoms with Crippen molar-refractivity contribution in [1.29, 1.82) is 0 Å². The molecule has 2 aliphatic heterocycles. The molecule has 0 N–H and O–H groups in total. The van der Waals surface area contributed by atoms with Gasteiger partial charge in [-0.25, -0.2) is 14.6 Å². The van der Waals surface area contributed by atoms with Crippen molar-refractivity contribution in [3.63, 3.8) is 0 Å². The average molecular weight is 449 g/mol. The van der Waals surface area contributed by atoms with Gasteiger partial charge in [-0.05, 0) is 30.5 Å². The number of carbonyl (C=O) groups is 2. The molecule has 2 aliphatic rings. The lowest BCUT2D eigenvalue weighted by Crippen LogP contribution is -2.51. The molecular weight excluding hydrogens is 420 g/mol. The molecule has 1 amide bonds. The number of esters is 1. The average Bonchev–Trinajstić information content (AvgIpc) is 3.39. The van der Waals surface area contributed by atoms with Crippen LogP contribution in [0.15, 0.2) is 54.6 Å². The highest BCUT2D eigenvalue weighted by Gasteiger charge is 2.44. The summed E-state index contributed by atoms with van der Waals surface area (Å²) in [7, 11) is 2.04. The minimum Gasteiger partial charge on any atom is -0.459 e. The number of nitrogens with zero attached hydrogens (tertiary/aromatic N) is 4. The Kier molecular flexibility index (Phi) is 6.00. The molecule has 2 fully saturated rings. The number of benzene rings is 2.